The van der Waals surface area contributed by atoms with E-state index in [2.05, 4.69) is 10.0 Å². The number of anilines is 2. The molecule has 0 saturated carbocycles. The second-order valence-electron chi connectivity index (χ2n) is 3.96. The molecular formula is C11H17N3O3S. The molecule has 0 aliphatic heterocycles. The summed E-state index contributed by atoms with van der Waals surface area (Å²) in [7, 11) is -3.33. The van der Waals surface area contributed by atoms with Gasteiger partial charge in [0, 0.05) is 5.69 Å². The van der Waals surface area contributed by atoms with Crippen LogP contribution in [0.25, 0.3) is 0 Å². The van der Waals surface area contributed by atoms with Crippen molar-refractivity contribution in [3.8, 4) is 0 Å². The van der Waals surface area contributed by atoms with E-state index in [1.807, 2.05) is 6.92 Å². The summed E-state index contributed by atoms with van der Waals surface area (Å²) in [6.07, 6.45) is 1.60. The van der Waals surface area contributed by atoms with E-state index >= 15 is 0 Å². The van der Waals surface area contributed by atoms with Gasteiger partial charge in [0.1, 0.15) is 0 Å². The monoisotopic (exact) mass is 271 g/mol. The van der Waals surface area contributed by atoms with Crippen molar-refractivity contribution in [2.45, 2.75) is 19.4 Å². The van der Waals surface area contributed by atoms with Crippen LogP contribution in [-0.4, -0.2) is 26.6 Å². The normalized spacial score (nSPS) is 12.8. The number of carbonyl (C=O) groups excluding carboxylic acids is 1. The SMILES string of the molecule is CC[C@@H](N)C(=O)Nc1cccc(NS(C)(=O)=O)c1. The number of amides is 1. The molecule has 6 nitrogen and oxygen atoms in total. The maximum atomic E-state index is 11.6. The third kappa shape index (κ3) is 4.72. The Kier molecular flexibility index (Phi) is 4.69. The summed E-state index contributed by atoms with van der Waals surface area (Å²) in [6, 6.07) is 5.85. The van der Waals surface area contributed by atoms with Crippen LogP contribution in [0, 0.1) is 0 Å². The topological polar surface area (TPSA) is 101 Å². The van der Waals surface area contributed by atoms with Crippen LogP contribution in [0.5, 0.6) is 0 Å². The van der Waals surface area contributed by atoms with Gasteiger partial charge in [-0.1, -0.05) is 13.0 Å². The van der Waals surface area contributed by atoms with Gasteiger partial charge >= 0.3 is 0 Å². The molecule has 1 aromatic carbocycles. The van der Waals surface area contributed by atoms with Gasteiger partial charge in [-0.3, -0.25) is 9.52 Å². The molecule has 0 heterocycles. The lowest BCUT2D eigenvalue weighted by Crippen LogP contribution is -2.34. The molecular weight excluding hydrogens is 254 g/mol. The maximum Gasteiger partial charge on any atom is 0.241 e. The molecule has 1 aromatic rings. The van der Waals surface area contributed by atoms with Gasteiger partial charge in [0.25, 0.3) is 0 Å². The molecule has 7 heteroatoms. The molecule has 0 fully saturated rings. The molecule has 0 aliphatic carbocycles. The third-order valence-electron chi connectivity index (χ3n) is 2.21. The molecule has 1 rings (SSSR count). The van der Waals surface area contributed by atoms with Crippen molar-refractivity contribution in [3.05, 3.63) is 24.3 Å². The average Bonchev–Trinajstić information content (AvgIpc) is 2.26. The number of rotatable bonds is 5. The smallest absolute Gasteiger partial charge is 0.241 e. The average molecular weight is 271 g/mol. The van der Waals surface area contributed by atoms with Crippen molar-refractivity contribution in [1.82, 2.24) is 0 Å². The van der Waals surface area contributed by atoms with Gasteiger partial charge in [-0.25, -0.2) is 8.42 Å². The number of hydrogen-bond acceptors (Lipinski definition) is 4. The van der Waals surface area contributed by atoms with E-state index in [-0.39, 0.29) is 5.91 Å². The molecule has 0 bridgehead atoms. The minimum atomic E-state index is -3.33. The highest BCUT2D eigenvalue weighted by Crippen LogP contribution is 2.16. The highest BCUT2D eigenvalue weighted by molar-refractivity contribution is 7.92. The fourth-order valence-electron chi connectivity index (χ4n) is 1.29. The molecule has 0 spiro atoms. The summed E-state index contributed by atoms with van der Waals surface area (Å²) in [4.78, 5) is 11.6. The van der Waals surface area contributed by atoms with E-state index in [4.69, 9.17) is 5.73 Å². The van der Waals surface area contributed by atoms with Crippen molar-refractivity contribution in [2.24, 2.45) is 5.73 Å². The second kappa shape index (κ2) is 5.83. The van der Waals surface area contributed by atoms with Crippen LogP contribution < -0.4 is 15.8 Å². The van der Waals surface area contributed by atoms with E-state index in [9.17, 15) is 13.2 Å². The summed E-state index contributed by atoms with van der Waals surface area (Å²) in [5.74, 6) is -0.297. The molecule has 1 atom stereocenters. The van der Waals surface area contributed by atoms with E-state index < -0.39 is 16.1 Å². The second-order valence-corrected chi connectivity index (χ2v) is 5.71. The van der Waals surface area contributed by atoms with Crippen molar-refractivity contribution in [2.75, 3.05) is 16.3 Å². The van der Waals surface area contributed by atoms with E-state index in [1.165, 1.54) is 6.07 Å². The Bertz CT molecular complexity index is 528. The highest BCUT2D eigenvalue weighted by atomic mass is 32.2. The molecule has 4 N–H and O–H groups in total. The first-order chi connectivity index (χ1) is 8.31. The number of nitrogens with one attached hydrogen (secondary N) is 2. The summed E-state index contributed by atoms with van der Waals surface area (Å²) < 4.78 is 24.5. The molecule has 0 aliphatic rings. The summed E-state index contributed by atoms with van der Waals surface area (Å²) in [5, 5.41) is 2.62. The molecule has 0 radical (unpaired) electrons. The van der Waals surface area contributed by atoms with Crippen LogP contribution in [0.1, 0.15) is 13.3 Å². The predicted molar refractivity (Wildman–Crippen MR) is 71.8 cm³/mol. The molecule has 100 valence electrons. The summed E-state index contributed by atoms with van der Waals surface area (Å²) >= 11 is 0. The zero-order chi connectivity index (χ0) is 13.8. The summed E-state index contributed by atoms with van der Waals surface area (Å²) in [5.41, 5.74) is 6.47. The fraction of sp³-hybridized carbons (Fsp3) is 0.364. The molecule has 1 amide bonds. The van der Waals surface area contributed by atoms with Gasteiger partial charge in [-0.15, -0.1) is 0 Å². The Morgan fingerprint density at radius 3 is 2.56 bits per heavy atom. The highest BCUT2D eigenvalue weighted by Gasteiger charge is 2.11. The largest absolute Gasteiger partial charge is 0.325 e. The molecule has 0 unspecified atom stereocenters. The van der Waals surface area contributed by atoms with Crippen molar-refractivity contribution in [3.63, 3.8) is 0 Å². The minimum absolute atomic E-state index is 0.297. The Morgan fingerprint density at radius 2 is 2.00 bits per heavy atom. The Balaban J connectivity index is 2.80. The van der Waals surface area contributed by atoms with Gasteiger partial charge < -0.3 is 11.1 Å². The first-order valence-electron chi connectivity index (χ1n) is 5.46. The standard InChI is InChI=1S/C11H17N3O3S/c1-3-10(12)11(15)13-8-5-4-6-9(7-8)14-18(2,16)17/h4-7,10,14H,3,12H2,1-2H3,(H,13,15)/t10-/m1/s1. The van der Waals surface area contributed by atoms with Crippen LogP contribution in [0.15, 0.2) is 24.3 Å². The molecule has 0 aromatic heterocycles. The molecule has 18 heavy (non-hydrogen) atoms. The van der Waals surface area contributed by atoms with Gasteiger partial charge in [-0.05, 0) is 24.6 Å². The van der Waals surface area contributed by atoms with Gasteiger partial charge in [-0.2, -0.15) is 0 Å². The van der Waals surface area contributed by atoms with Crippen molar-refractivity contribution >= 4 is 27.3 Å². The number of benzene rings is 1. The van der Waals surface area contributed by atoms with E-state index in [1.54, 1.807) is 18.2 Å². The Labute approximate surface area is 107 Å². The summed E-state index contributed by atoms with van der Waals surface area (Å²) in [6.45, 7) is 1.81. The van der Waals surface area contributed by atoms with Crippen LogP contribution in [0.3, 0.4) is 0 Å². The number of carbonyl (C=O) groups is 1. The van der Waals surface area contributed by atoms with E-state index in [0.29, 0.717) is 17.8 Å². The van der Waals surface area contributed by atoms with Crippen molar-refractivity contribution in [1.29, 1.82) is 0 Å². The predicted octanol–water partition coefficient (Wildman–Crippen LogP) is 0.734. The quantitative estimate of drug-likeness (QED) is 0.735. The Morgan fingerprint density at radius 1 is 1.39 bits per heavy atom. The van der Waals surface area contributed by atoms with Crippen LogP contribution >= 0.6 is 0 Å². The lowest BCUT2D eigenvalue weighted by atomic mass is 10.2. The minimum Gasteiger partial charge on any atom is -0.325 e. The first kappa shape index (κ1) is 14.5. The van der Waals surface area contributed by atoms with Crippen LogP contribution in [0.4, 0.5) is 11.4 Å². The lowest BCUT2D eigenvalue weighted by molar-refractivity contribution is -0.117. The molecule has 0 saturated heterocycles. The van der Waals surface area contributed by atoms with Gasteiger partial charge in [0.2, 0.25) is 15.9 Å². The van der Waals surface area contributed by atoms with Crippen molar-refractivity contribution < 1.29 is 13.2 Å². The van der Waals surface area contributed by atoms with Crippen LogP contribution in [-0.2, 0) is 14.8 Å². The Hall–Kier alpha value is -1.60. The maximum absolute atomic E-state index is 11.6. The zero-order valence-electron chi connectivity index (χ0n) is 10.3. The van der Waals surface area contributed by atoms with E-state index in [0.717, 1.165) is 6.26 Å². The van der Waals surface area contributed by atoms with Gasteiger partial charge in [0.15, 0.2) is 0 Å². The number of sulfonamides is 1. The number of nitrogens with two attached hydrogens (primary N) is 1. The third-order valence-corrected chi connectivity index (χ3v) is 2.82. The fourth-order valence-corrected chi connectivity index (χ4v) is 1.85. The van der Waals surface area contributed by atoms with Gasteiger partial charge in [0.05, 0.1) is 18.0 Å². The first-order valence-corrected chi connectivity index (χ1v) is 7.35. The van der Waals surface area contributed by atoms with Crippen LogP contribution in [0.2, 0.25) is 0 Å². The zero-order valence-corrected chi connectivity index (χ0v) is 11.1. The lowest BCUT2D eigenvalue weighted by Gasteiger charge is -2.11. The number of hydrogen-bond donors (Lipinski definition) is 3.